The van der Waals surface area contributed by atoms with Crippen molar-refractivity contribution in [3.05, 3.63) is 22.7 Å². The molecule has 1 aliphatic heterocycles. The van der Waals surface area contributed by atoms with Gasteiger partial charge in [0, 0.05) is 11.1 Å². The van der Waals surface area contributed by atoms with Crippen molar-refractivity contribution in [1.29, 1.82) is 0 Å². The molecule has 5 unspecified atom stereocenters. The Bertz CT molecular complexity index is 587. The number of ether oxygens (including phenoxy) is 2. The lowest BCUT2D eigenvalue weighted by Gasteiger charge is -2.22. The molecule has 4 aliphatic rings. The first-order valence-corrected chi connectivity index (χ1v) is 8.78. The predicted molar refractivity (Wildman–Crippen MR) is 82.3 cm³/mol. The molecule has 0 aromatic heterocycles. The van der Waals surface area contributed by atoms with Crippen molar-refractivity contribution in [1.82, 2.24) is 0 Å². The van der Waals surface area contributed by atoms with E-state index in [1.165, 1.54) is 19.3 Å². The van der Waals surface area contributed by atoms with E-state index in [2.05, 4.69) is 0 Å². The highest BCUT2D eigenvalue weighted by Gasteiger charge is 2.66. The Morgan fingerprint density at radius 2 is 1.62 bits per heavy atom. The third-order valence-corrected chi connectivity index (χ3v) is 6.94. The standard InChI is InChI=1S/C17H18Cl2O2/c18-11-7-13-12(20-3-4-21-13)6-10(11)17(19)16-14-8-1-2-9(5-8)15(14)16/h6-9,14-17H,1-5H2. The average Bonchev–Trinajstić information content (AvgIpc) is 2.93. The number of halogens is 2. The number of fused-ring (bicyclic) bond motifs is 6. The summed E-state index contributed by atoms with van der Waals surface area (Å²) < 4.78 is 11.3. The van der Waals surface area contributed by atoms with Crippen LogP contribution in [0.15, 0.2) is 12.1 Å². The van der Waals surface area contributed by atoms with Crippen molar-refractivity contribution in [2.24, 2.45) is 29.6 Å². The molecule has 21 heavy (non-hydrogen) atoms. The highest BCUT2D eigenvalue weighted by Crippen LogP contribution is 2.73. The summed E-state index contributed by atoms with van der Waals surface area (Å²) in [6, 6.07) is 3.87. The molecule has 2 nitrogen and oxygen atoms in total. The van der Waals surface area contributed by atoms with Crippen LogP contribution in [0.1, 0.15) is 30.2 Å². The molecule has 1 aromatic carbocycles. The molecule has 0 spiro atoms. The maximum absolute atomic E-state index is 6.83. The monoisotopic (exact) mass is 324 g/mol. The van der Waals surface area contributed by atoms with Crippen LogP contribution in [0, 0.1) is 29.6 Å². The summed E-state index contributed by atoms with van der Waals surface area (Å²) in [6.45, 7) is 1.18. The average molecular weight is 325 g/mol. The Hall–Kier alpha value is -0.600. The summed E-state index contributed by atoms with van der Waals surface area (Å²) in [5.41, 5.74) is 1.03. The van der Waals surface area contributed by atoms with Gasteiger partial charge in [0.15, 0.2) is 11.5 Å². The molecule has 3 saturated carbocycles. The topological polar surface area (TPSA) is 18.5 Å². The van der Waals surface area contributed by atoms with Crippen LogP contribution in [0.5, 0.6) is 11.5 Å². The highest BCUT2D eigenvalue weighted by molar-refractivity contribution is 6.33. The Morgan fingerprint density at radius 1 is 1.00 bits per heavy atom. The molecule has 1 aromatic rings. The fourth-order valence-corrected chi connectivity index (χ4v) is 6.13. The SMILES string of the molecule is Clc1cc2c(cc1C(Cl)C1C3C4CCC(C4)C31)OCCO2. The Morgan fingerprint density at radius 3 is 2.29 bits per heavy atom. The van der Waals surface area contributed by atoms with E-state index >= 15 is 0 Å². The van der Waals surface area contributed by atoms with Crippen molar-refractivity contribution < 1.29 is 9.47 Å². The van der Waals surface area contributed by atoms with Crippen LogP contribution < -0.4 is 9.47 Å². The van der Waals surface area contributed by atoms with Gasteiger partial charge in [-0.2, -0.15) is 0 Å². The van der Waals surface area contributed by atoms with Crippen molar-refractivity contribution in [2.45, 2.75) is 24.6 Å². The molecule has 5 rings (SSSR count). The molecule has 0 radical (unpaired) electrons. The van der Waals surface area contributed by atoms with E-state index in [0.717, 1.165) is 45.8 Å². The first-order chi connectivity index (χ1) is 10.2. The Labute approximate surface area is 134 Å². The van der Waals surface area contributed by atoms with Gasteiger partial charge in [-0.05, 0) is 60.5 Å². The lowest BCUT2D eigenvalue weighted by atomic mass is 9.96. The van der Waals surface area contributed by atoms with Crippen molar-refractivity contribution in [3.63, 3.8) is 0 Å². The molecule has 5 atom stereocenters. The first-order valence-electron chi connectivity index (χ1n) is 7.97. The number of hydrogen-bond donors (Lipinski definition) is 0. The summed E-state index contributed by atoms with van der Waals surface area (Å²) in [5.74, 6) is 5.74. The lowest BCUT2D eigenvalue weighted by molar-refractivity contribution is 0.171. The minimum atomic E-state index is 0.0201. The zero-order chi connectivity index (χ0) is 14.1. The maximum atomic E-state index is 6.83. The summed E-state index contributed by atoms with van der Waals surface area (Å²) in [4.78, 5) is 0. The normalized spacial score (nSPS) is 40.0. The first kappa shape index (κ1) is 12.9. The fourth-order valence-electron chi connectivity index (χ4n) is 5.28. The Balaban J connectivity index is 1.45. The number of benzene rings is 1. The summed E-state index contributed by atoms with van der Waals surface area (Å²) in [6.07, 6.45) is 4.28. The number of rotatable bonds is 2. The molecule has 112 valence electrons. The molecular formula is C17H18Cl2O2. The largest absolute Gasteiger partial charge is 0.486 e. The second kappa shape index (κ2) is 4.45. The second-order valence-corrected chi connectivity index (χ2v) is 7.86. The van der Waals surface area contributed by atoms with Gasteiger partial charge in [-0.3, -0.25) is 0 Å². The van der Waals surface area contributed by atoms with E-state index in [0.29, 0.717) is 19.1 Å². The van der Waals surface area contributed by atoms with Gasteiger partial charge in [-0.1, -0.05) is 11.6 Å². The van der Waals surface area contributed by atoms with Crippen LogP contribution in [-0.2, 0) is 0 Å². The van der Waals surface area contributed by atoms with E-state index in [1.807, 2.05) is 12.1 Å². The van der Waals surface area contributed by atoms with Gasteiger partial charge in [-0.15, -0.1) is 11.6 Å². The quantitative estimate of drug-likeness (QED) is 0.735. The van der Waals surface area contributed by atoms with Gasteiger partial charge in [0.05, 0.1) is 5.38 Å². The van der Waals surface area contributed by atoms with Gasteiger partial charge in [0.25, 0.3) is 0 Å². The number of hydrogen-bond acceptors (Lipinski definition) is 2. The van der Waals surface area contributed by atoms with Crippen LogP contribution in [0.3, 0.4) is 0 Å². The van der Waals surface area contributed by atoms with Crippen LogP contribution in [0.25, 0.3) is 0 Å². The summed E-state index contributed by atoms with van der Waals surface area (Å²) in [5, 5.41) is 0.739. The van der Waals surface area contributed by atoms with Gasteiger partial charge < -0.3 is 9.47 Å². The van der Waals surface area contributed by atoms with Crippen molar-refractivity contribution in [3.8, 4) is 11.5 Å². The molecule has 0 saturated heterocycles. The minimum Gasteiger partial charge on any atom is -0.486 e. The molecule has 3 fully saturated rings. The summed E-state index contributed by atoms with van der Waals surface area (Å²) >= 11 is 13.3. The molecule has 4 heteroatoms. The van der Waals surface area contributed by atoms with Gasteiger partial charge in [0.1, 0.15) is 13.2 Å². The van der Waals surface area contributed by atoms with Crippen LogP contribution in [0.2, 0.25) is 5.02 Å². The Kier molecular flexibility index (Phi) is 2.74. The van der Waals surface area contributed by atoms with Crippen LogP contribution in [0.4, 0.5) is 0 Å². The second-order valence-electron chi connectivity index (χ2n) is 6.98. The maximum Gasteiger partial charge on any atom is 0.162 e. The van der Waals surface area contributed by atoms with Crippen molar-refractivity contribution in [2.75, 3.05) is 13.2 Å². The molecular weight excluding hydrogens is 307 g/mol. The van der Waals surface area contributed by atoms with Crippen LogP contribution in [-0.4, -0.2) is 13.2 Å². The molecule has 1 heterocycles. The van der Waals surface area contributed by atoms with Crippen LogP contribution >= 0.6 is 23.2 Å². The molecule has 2 bridgehead atoms. The van der Waals surface area contributed by atoms with E-state index in [4.69, 9.17) is 32.7 Å². The zero-order valence-electron chi connectivity index (χ0n) is 11.7. The molecule has 0 N–H and O–H groups in total. The van der Waals surface area contributed by atoms with E-state index in [9.17, 15) is 0 Å². The zero-order valence-corrected chi connectivity index (χ0v) is 13.2. The predicted octanol–water partition coefficient (Wildman–Crippen LogP) is 4.68. The van der Waals surface area contributed by atoms with Gasteiger partial charge in [-0.25, -0.2) is 0 Å². The molecule has 0 amide bonds. The summed E-state index contributed by atoms with van der Waals surface area (Å²) in [7, 11) is 0. The number of alkyl halides is 1. The minimum absolute atomic E-state index is 0.0201. The van der Waals surface area contributed by atoms with Crippen molar-refractivity contribution >= 4 is 23.2 Å². The third-order valence-electron chi connectivity index (χ3n) is 6.09. The molecule has 3 aliphatic carbocycles. The fraction of sp³-hybridized carbons (Fsp3) is 0.647. The lowest BCUT2D eigenvalue weighted by Crippen LogP contribution is -2.16. The van der Waals surface area contributed by atoms with Gasteiger partial charge >= 0.3 is 0 Å². The van der Waals surface area contributed by atoms with E-state index < -0.39 is 0 Å². The smallest absolute Gasteiger partial charge is 0.162 e. The highest BCUT2D eigenvalue weighted by atomic mass is 35.5. The van der Waals surface area contributed by atoms with E-state index in [-0.39, 0.29) is 5.38 Å². The third kappa shape index (κ3) is 1.78. The van der Waals surface area contributed by atoms with E-state index in [1.54, 1.807) is 0 Å². The van der Waals surface area contributed by atoms with Gasteiger partial charge in [0.2, 0.25) is 0 Å².